The molecule has 176 valence electrons. The third-order valence-corrected chi connectivity index (χ3v) is 4.97. The summed E-state index contributed by atoms with van der Waals surface area (Å²) in [5, 5.41) is 23.7. The van der Waals surface area contributed by atoms with Gasteiger partial charge in [0.25, 0.3) is 5.69 Å². The Balaban J connectivity index is 1.91. The van der Waals surface area contributed by atoms with E-state index in [2.05, 4.69) is 9.99 Å². The van der Waals surface area contributed by atoms with E-state index >= 15 is 0 Å². The summed E-state index contributed by atoms with van der Waals surface area (Å²) >= 11 is 0. The molecule has 0 aliphatic heterocycles. The number of hydrogen-bond donors (Lipinski definition) is 2. The molecule has 0 aromatic heterocycles. The van der Waals surface area contributed by atoms with E-state index in [1.165, 1.54) is 24.3 Å². The van der Waals surface area contributed by atoms with Gasteiger partial charge in [0.1, 0.15) is 0 Å². The molecule has 0 radical (unpaired) electrons. The van der Waals surface area contributed by atoms with Crippen molar-refractivity contribution in [2.24, 2.45) is 10.9 Å². The SMILES string of the molecule is Cc1ccccc1-c1ccc(C(=O)O/N=C(\N)c2ccc(CO)c([N+](=O)[O-])c2)cc1C(F)(F)F. The lowest BCUT2D eigenvalue weighted by molar-refractivity contribution is -0.385. The standard InChI is InChI=1S/C23H18F3N3O5/c1-13-4-2-3-5-17(13)18-9-8-15(10-19(18)23(24,25)26)22(31)34-28-21(27)14-6-7-16(12-30)20(11-14)29(32)33/h2-11,30H,12H2,1H3,(H2,27,28). The zero-order chi connectivity index (χ0) is 25.0. The number of oxime groups is 1. The Hall–Kier alpha value is -4.25. The highest BCUT2D eigenvalue weighted by molar-refractivity contribution is 5.99. The first-order valence-corrected chi connectivity index (χ1v) is 9.73. The van der Waals surface area contributed by atoms with Gasteiger partial charge in [-0.15, -0.1) is 0 Å². The van der Waals surface area contributed by atoms with Crippen molar-refractivity contribution >= 4 is 17.5 Å². The number of nitrogens with zero attached hydrogens (tertiary/aromatic N) is 2. The summed E-state index contributed by atoms with van der Waals surface area (Å²) in [5.41, 5.74) is 4.79. The van der Waals surface area contributed by atoms with Crippen molar-refractivity contribution in [3.63, 3.8) is 0 Å². The minimum absolute atomic E-state index is 0.0163. The molecule has 3 aromatic rings. The summed E-state index contributed by atoms with van der Waals surface area (Å²) in [6.45, 7) is 1.09. The maximum absolute atomic E-state index is 13.7. The van der Waals surface area contributed by atoms with Crippen LogP contribution >= 0.6 is 0 Å². The summed E-state index contributed by atoms with van der Waals surface area (Å²) in [6.07, 6.45) is -4.75. The van der Waals surface area contributed by atoms with Crippen LogP contribution < -0.4 is 5.73 Å². The predicted molar refractivity (Wildman–Crippen MR) is 117 cm³/mol. The lowest BCUT2D eigenvalue weighted by Crippen LogP contribution is -2.16. The molecule has 34 heavy (non-hydrogen) atoms. The van der Waals surface area contributed by atoms with Crippen molar-refractivity contribution in [1.82, 2.24) is 0 Å². The van der Waals surface area contributed by atoms with Gasteiger partial charge in [0.15, 0.2) is 5.84 Å². The predicted octanol–water partition coefficient (Wildman–Crippen LogP) is 4.56. The van der Waals surface area contributed by atoms with Crippen molar-refractivity contribution in [2.45, 2.75) is 19.7 Å². The molecule has 0 amide bonds. The number of alkyl halides is 3. The molecule has 0 heterocycles. The quantitative estimate of drug-likeness (QED) is 0.178. The topological polar surface area (TPSA) is 128 Å². The van der Waals surface area contributed by atoms with Crippen LogP contribution in [0.1, 0.15) is 32.6 Å². The average Bonchev–Trinajstić information content (AvgIpc) is 2.81. The summed E-state index contributed by atoms with van der Waals surface area (Å²) < 4.78 is 41.2. The summed E-state index contributed by atoms with van der Waals surface area (Å²) in [5.74, 6) is -1.63. The number of nitro benzene ring substituents is 1. The van der Waals surface area contributed by atoms with Crippen LogP contribution in [0.25, 0.3) is 11.1 Å². The number of hydrogen-bond acceptors (Lipinski definition) is 6. The van der Waals surface area contributed by atoms with Crippen LogP contribution in [0.2, 0.25) is 0 Å². The fourth-order valence-electron chi connectivity index (χ4n) is 3.24. The smallest absolute Gasteiger partial charge is 0.391 e. The van der Waals surface area contributed by atoms with Gasteiger partial charge < -0.3 is 15.7 Å². The first-order chi connectivity index (χ1) is 16.0. The van der Waals surface area contributed by atoms with Crippen molar-refractivity contribution in [3.05, 3.63) is 98.6 Å². The van der Waals surface area contributed by atoms with Crippen LogP contribution in [0.15, 0.2) is 65.8 Å². The second kappa shape index (κ2) is 9.71. The molecule has 3 N–H and O–H groups in total. The summed E-state index contributed by atoms with van der Waals surface area (Å²) in [6, 6.07) is 13.1. The average molecular weight is 473 g/mol. The van der Waals surface area contributed by atoms with Crippen LogP contribution in [0.5, 0.6) is 0 Å². The van der Waals surface area contributed by atoms with Gasteiger partial charge in [-0.2, -0.15) is 13.2 Å². The number of nitrogens with two attached hydrogens (primary N) is 1. The Bertz CT molecular complexity index is 1290. The maximum atomic E-state index is 13.7. The molecule has 11 heteroatoms. The number of aryl methyl sites for hydroxylation is 1. The van der Waals surface area contributed by atoms with E-state index in [-0.39, 0.29) is 16.7 Å². The summed E-state index contributed by atoms with van der Waals surface area (Å²) in [4.78, 5) is 27.4. The van der Waals surface area contributed by atoms with Crippen molar-refractivity contribution < 1.29 is 32.8 Å². The number of rotatable bonds is 6. The highest BCUT2D eigenvalue weighted by Gasteiger charge is 2.35. The maximum Gasteiger partial charge on any atom is 0.417 e. The number of carbonyl (C=O) groups is 1. The third kappa shape index (κ3) is 5.21. The Morgan fingerprint density at radius 3 is 2.38 bits per heavy atom. The van der Waals surface area contributed by atoms with Crippen molar-refractivity contribution in [3.8, 4) is 11.1 Å². The van der Waals surface area contributed by atoms with E-state index in [1.54, 1.807) is 31.2 Å². The molecule has 0 aliphatic carbocycles. The van der Waals surface area contributed by atoms with Crippen LogP contribution in [-0.4, -0.2) is 21.8 Å². The molecule has 8 nitrogen and oxygen atoms in total. The molecular weight excluding hydrogens is 455 g/mol. The molecule has 0 saturated heterocycles. The lowest BCUT2D eigenvalue weighted by atomic mass is 9.94. The number of halogens is 3. The summed E-state index contributed by atoms with van der Waals surface area (Å²) in [7, 11) is 0. The van der Waals surface area contributed by atoms with Crippen LogP contribution in [0.4, 0.5) is 18.9 Å². The van der Waals surface area contributed by atoms with E-state index in [0.717, 1.165) is 6.07 Å². The number of aliphatic hydroxyl groups is 1. The zero-order valence-corrected chi connectivity index (χ0v) is 17.7. The first-order valence-electron chi connectivity index (χ1n) is 9.73. The first kappa shape index (κ1) is 24.4. The molecule has 0 fully saturated rings. The van der Waals surface area contributed by atoms with Gasteiger partial charge in [0.2, 0.25) is 0 Å². The lowest BCUT2D eigenvalue weighted by Gasteiger charge is -2.15. The Morgan fingerprint density at radius 1 is 1.09 bits per heavy atom. The van der Waals surface area contributed by atoms with E-state index < -0.39 is 46.3 Å². The van der Waals surface area contributed by atoms with Crippen molar-refractivity contribution in [1.29, 1.82) is 0 Å². The van der Waals surface area contributed by atoms with Gasteiger partial charge in [0, 0.05) is 11.6 Å². The molecule has 0 atom stereocenters. The monoisotopic (exact) mass is 473 g/mol. The van der Waals surface area contributed by atoms with Gasteiger partial charge in [-0.1, -0.05) is 41.6 Å². The Kier molecular flexibility index (Phi) is 6.97. The molecule has 0 saturated carbocycles. The fourth-order valence-corrected chi connectivity index (χ4v) is 3.24. The number of carbonyl (C=O) groups excluding carboxylic acids is 1. The molecule has 0 aliphatic rings. The largest absolute Gasteiger partial charge is 0.417 e. The molecule has 0 unspecified atom stereocenters. The second-order valence-electron chi connectivity index (χ2n) is 7.19. The minimum Gasteiger partial charge on any atom is -0.391 e. The van der Waals surface area contributed by atoms with Gasteiger partial charge >= 0.3 is 12.1 Å². The van der Waals surface area contributed by atoms with E-state index in [1.807, 2.05) is 0 Å². The van der Waals surface area contributed by atoms with Gasteiger partial charge in [-0.05, 0) is 41.8 Å². The number of aliphatic hydroxyl groups excluding tert-OH is 1. The van der Waals surface area contributed by atoms with Gasteiger partial charge in [0.05, 0.1) is 28.2 Å². The van der Waals surface area contributed by atoms with E-state index in [4.69, 9.17) is 5.73 Å². The van der Waals surface area contributed by atoms with Crippen LogP contribution in [-0.2, 0) is 17.6 Å². The normalized spacial score (nSPS) is 11.9. The van der Waals surface area contributed by atoms with E-state index in [9.17, 15) is 33.2 Å². The second-order valence-corrected chi connectivity index (χ2v) is 7.19. The Morgan fingerprint density at radius 2 is 1.76 bits per heavy atom. The molecular formula is C23H18F3N3O5. The number of amidine groups is 1. The Labute approximate surface area is 191 Å². The molecule has 0 spiro atoms. The highest BCUT2D eigenvalue weighted by Crippen LogP contribution is 2.38. The molecule has 3 aromatic carbocycles. The molecule has 3 rings (SSSR count). The van der Waals surface area contributed by atoms with Crippen LogP contribution in [0.3, 0.4) is 0 Å². The third-order valence-electron chi connectivity index (χ3n) is 4.97. The van der Waals surface area contributed by atoms with Crippen LogP contribution in [0, 0.1) is 17.0 Å². The van der Waals surface area contributed by atoms with Crippen molar-refractivity contribution in [2.75, 3.05) is 0 Å². The number of benzene rings is 3. The minimum atomic E-state index is -4.75. The van der Waals surface area contributed by atoms with Gasteiger partial charge in [-0.3, -0.25) is 10.1 Å². The number of nitro groups is 1. The molecule has 0 bridgehead atoms. The van der Waals surface area contributed by atoms with E-state index in [0.29, 0.717) is 17.2 Å². The highest BCUT2D eigenvalue weighted by atomic mass is 19.4. The zero-order valence-electron chi connectivity index (χ0n) is 17.7. The fraction of sp³-hybridized carbons (Fsp3) is 0.130. The van der Waals surface area contributed by atoms with Gasteiger partial charge in [-0.25, -0.2) is 4.79 Å².